The summed E-state index contributed by atoms with van der Waals surface area (Å²) >= 11 is 1.39. The number of rotatable bonds is 5. The minimum Gasteiger partial charge on any atom is -0.399 e. The lowest BCUT2D eigenvalue weighted by Gasteiger charge is -2.02. The number of nitrogens with zero attached hydrogens (tertiary/aromatic N) is 1. The summed E-state index contributed by atoms with van der Waals surface area (Å²) in [6.07, 6.45) is 0. The first-order valence-corrected chi connectivity index (χ1v) is 8.52. The maximum absolute atomic E-state index is 12.2. The van der Waals surface area contributed by atoms with Gasteiger partial charge in [-0.25, -0.2) is 9.19 Å². The van der Waals surface area contributed by atoms with Crippen molar-refractivity contribution in [1.29, 1.82) is 0 Å². The van der Waals surface area contributed by atoms with E-state index in [4.69, 9.17) is 10.5 Å². The van der Waals surface area contributed by atoms with Gasteiger partial charge in [-0.05, 0) is 23.8 Å². The van der Waals surface area contributed by atoms with E-state index in [1.807, 2.05) is 42.5 Å². The number of fused-ring (bicyclic) bond motifs is 1. The molecule has 0 bridgehead atoms. The molecule has 1 atom stereocenters. The second kappa shape index (κ2) is 6.34. The van der Waals surface area contributed by atoms with E-state index >= 15 is 0 Å². The van der Waals surface area contributed by atoms with Gasteiger partial charge in [-0.15, -0.1) is 11.3 Å². The summed E-state index contributed by atoms with van der Waals surface area (Å²) in [5, 5.41) is 0. The zero-order valence-corrected chi connectivity index (χ0v) is 12.8. The minimum absolute atomic E-state index is 0.143. The topological polar surface area (TPSA) is 65.2 Å². The largest absolute Gasteiger partial charge is 0.399 e. The van der Waals surface area contributed by atoms with Crippen LogP contribution in [0.1, 0.15) is 5.56 Å². The van der Waals surface area contributed by atoms with E-state index in [9.17, 15) is 4.21 Å². The van der Waals surface area contributed by atoms with Crippen molar-refractivity contribution in [3.63, 3.8) is 0 Å². The molecule has 0 fully saturated rings. The van der Waals surface area contributed by atoms with Gasteiger partial charge in [-0.2, -0.15) is 0 Å². The summed E-state index contributed by atoms with van der Waals surface area (Å²) in [6.45, 7) is 0.449. The molecule has 0 aliphatic heterocycles. The number of ether oxygens (including phenoxy) is 1. The van der Waals surface area contributed by atoms with Crippen molar-refractivity contribution in [3.8, 4) is 0 Å². The second-order valence-electron chi connectivity index (χ2n) is 4.50. The van der Waals surface area contributed by atoms with E-state index in [0.29, 0.717) is 16.6 Å². The first kappa shape index (κ1) is 14.2. The first-order valence-electron chi connectivity index (χ1n) is 6.38. The third-order valence-corrected chi connectivity index (χ3v) is 5.37. The van der Waals surface area contributed by atoms with Crippen molar-refractivity contribution in [2.45, 2.75) is 10.9 Å². The monoisotopic (exact) mass is 318 g/mol. The third kappa shape index (κ3) is 3.47. The summed E-state index contributed by atoms with van der Waals surface area (Å²) in [7, 11) is -1.25. The third-order valence-electron chi connectivity index (χ3n) is 2.89. The second-order valence-corrected chi connectivity index (χ2v) is 7.11. The van der Waals surface area contributed by atoms with Gasteiger partial charge in [0.1, 0.15) is 16.7 Å². The normalized spacial score (nSPS) is 12.6. The Morgan fingerprint density at radius 2 is 2.00 bits per heavy atom. The predicted molar refractivity (Wildman–Crippen MR) is 86.5 cm³/mol. The van der Waals surface area contributed by atoms with Crippen molar-refractivity contribution >= 4 is 38.0 Å². The van der Waals surface area contributed by atoms with E-state index in [1.165, 1.54) is 11.3 Å². The summed E-state index contributed by atoms with van der Waals surface area (Å²) in [6, 6.07) is 15.3. The summed E-state index contributed by atoms with van der Waals surface area (Å²) in [5.41, 5.74) is 8.30. The molecule has 2 aromatic carbocycles. The van der Waals surface area contributed by atoms with Crippen LogP contribution in [0, 0.1) is 0 Å². The number of benzene rings is 2. The van der Waals surface area contributed by atoms with Crippen LogP contribution >= 0.6 is 11.3 Å². The van der Waals surface area contributed by atoms with Crippen LogP contribution in [0.4, 0.5) is 5.69 Å². The average Bonchev–Trinajstić information content (AvgIpc) is 2.91. The summed E-state index contributed by atoms with van der Waals surface area (Å²) in [4.78, 5) is 4.36. The zero-order valence-electron chi connectivity index (χ0n) is 11.2. The zero-order chi connectivity index (χ0) is 14.7. The lowest BCUT2D eigenvalue weighted by atomic mass is 10.2. The molecular formula is C15H14N2O2S2. The van der Waals surface area contributed by atoms with Crippen molar-refractivity contribution in [3.05, 3.63) is 54.1 Å². The molecular weight excluding hydrogens is 304 g/mol. The molecule has 0 amide bonds. The van der Waals surface area contributed by atoms with E-state index < -0.39 is 10.8 Å². The molecule has 1 unspecified atom stereocenters. The minimum atomic E-state index is -1.25. The number of nitrogens with two attached hydrogens (primary N) is 1. The van der Waals surface area contributed by atoms with Gasteiger partial charge >= 0.3 is 0 Å². The molecule has 6 heteroatoms. The van der Waals surface area contributed by atoms with Crippen LogP contribution in [0.15, 0.2) is 52.9 Å². The molecule has 0 aliphatic carbocycles. The molecule has 0 aliphatic rings. The Kier molecular flexibility index (Phi) is 4.28. The van der Waals surface area contributed by atoms with Gasteiger partial charge in [0.25, 0.3) is 0 Å². The Labute approximate surface area is 129 Å². The highest BCUT2D eigenvalue weighted by Crippen LogP contribution is 2.26. The fraction of sp³-hybridized carbons (Fsp3) is 0.133. The predicted octanol–water partition coefficient (Wildman–Crippen LogP) is 3.16. The van der Waals surface area contributed by atoms with Gasteiger partial charge in [0.2, 0.25) is 0 Å². The van der Waals surface area contributed by atoms with E-state index in [2.05, 4.69) is 4.98 Å². The van der Waals surface area contributed by atoms with E-state index in [-0.39, 0.29) is 5.94 Å². The molecule has 0 spiro atoms. The maximum Gasteiger partial charge on any atom is 0.184 e. The average molecular weight is 318 g/mol. The van der Waals surface area contributed by atoms with Gasteiger partial charge < -0.3 is 10.5 Å². The van der Waals surface area contributed by atoms with Crippen LogP contribution in [-0.4, -0.2) is 15.1 Å². The maximum atomic E-state index is 12.2. The van der Waals surface area contributed by atoms with Gasteiger partial charge in [0.05, 0.1) is 16.8 Å². The standard InChI is InChI=1S/C15H14N2O2S2/c16-12-6-7-13-14(8-12)20-15(17-13)21(18)10-19-9-11-4-2-1-3-5-11/h1-8H,9-10,16H2. The Hall–Kier alpha value is -1.76. The number of hydrogen-bond donors (Lipinski definition) is 1. The van der Waals surface area contributed by atoms with Crippen molar-refractivity contribution in [2.24, 2.45) is 0 Å². The van der Waals surface area contributed by atoms with Gasteiger partial charge in [-0.1, -0.05) is 30.3 Å². The molecule has 108 valence electrons. The highest BCUT2D eigenvalue weighted by molar-refractivity contribution is 7.87. The molecule has 3 rings (SSSR count). The Morgan fingerprint density at radius 3 is 2.81 bits per heavy atom. The summed E-state index contributed by atoms with van der Waals surface area (Å²) < 4.78 is 19.2. The first-order chi connectivity index (χ1) is 10.2. The molecule has 3 aromatic rings. The van der Waals surface area contributed by atoms with Gasteiger partial charge in [0.15, 0.2) is 4.34 Å². The molecule has 4 nitrogen and oxygen atoms in total. The number of hydrogen-bond acceptors (Lipinski definition) is 5. The number of thiazole rings is 1. The Morgan fingerprint density at radius 1 is 1.19 bits per heavy atom. The van der Waals surface area contributed by atoms with Crippen LogP contribution < -0.4 is 5.73 Å². The SMILES string of the molecule is Nc1ccc2nc(S(=O)COCc3ccccc3)sc2c1. The van der Waals surface area contributed by atoms with Crippen molar-refractivity contribution in [1.82, 2.24) is 4.98 Å². The molecule has 0 saturated carbocycles. The molecule has 1 aromatic heterocycles. The molecule has 0 saturated heterocycles. The Balaban J connectivity index is 1.64. The van der Waals surface area contributed by atoms with Gasteiger partial charge in [0, 0.05) is 5.69 Å². The molecule has 21 heavy (non-hydrogen) atoms. The fourth-order valence-electron chi connectivity index (χ4n) is 1.88. The van der Waals surface area contributed by atoms with Crippen molar-refractivity contribution < 1.29 is 8.95 Å². The van der Waals surface area contributed by atoms with Crippen LogP contribution in [0.25, 0.3) is 10.2 Å². The Bertz CT molecular complexity index is 772. The molecule has 0 radical (unpaired) electrons. The van der Waals surface area contributed by atoms with Gasteiger partial charge in [-0.3, -0.25) is 0 Å². The number of aromatic nitrogens is 1. The lowest BCUT2D eigenvalue weighted by molar-refractivity contribution is 0.166. The van der Waals surface area contributed by atoms with Crippen LogP contribution in [0.5, 0.6) is 0 Å². The lowest BCUT2D eigenvalue weighted by Crippen LogP contribution is -2.02. The fourth-order valence-corrected chi connectivity index (χ4v) is 3.94. The smallest absolute Gasteiger partial charge is 0.184 e. The highest BCUT2D eigenvalue weighted by Gasteiger charge is 2.11. The molecule has 1 heterocycles. The highest BCUT2D eigenvalue weighted by atomic mass is 32.2. The van der Waals surface area contributed by atoms with Crippen LogP contribution in [0.3, 0.4) is 0 Å². The van der Waals surface area contributed by atoms with Crippen molar-refractivity contribution in [2.75, 3.05) is 11.7 Å². The quantitative estimate of drug-likeness (QED) is 0.734. The number of nitrogen functional groups attached to an aromatic ring is 1. The van der Waals surface area contributed by atoms with Crippen LogP contribution in [0.2, 0.25) is 0 Å². The molecule has 2 N–H and O–H groups in total. The van der Waals surface area contributed by atoms with E-state index in [1.54, 1.807) is 6.07 Å². The number of anilines is 1. The summed E-state index contributed by atoms with van der Waals surface area (Å²) in [5.74, 6) is 0.143. The van der Waals surface area contributed by atoms with Crippen LogP contribution in [-0.2, 0) is 22.1 Å². The van der Waals surface area contributed by atoms with E-state index in [0.717, 1.165) is 15.8 Å².